The summed E-state index contributed by atoms with van der Waals surface area (Å²) >= 11 is 0. The van der Waals surface area contributed by atoms with Crippen LogP contribution in [0.3, 0.4) is 0 Å². The first-order valence-electron chi connectivity index (χ1n) is 48.7. The SMILES string of the molecule is CCCCCCCCCCCCC/C=C/[C@@H](O)[C@H](CO[C@@H]1OC(CO)[C@@H](O[C@@H]2OC(CO)[C@H](O)[C@H](O[C@@H]3OC(CO)[C@@H](O[C@@H]4OC(CO)[C@H](O)[C@H](O[C@@H]5OC(CO)[C@@H](O[C@@H]6OC(CO)[C@H](O)[C@H](O)C6O)[C@H](O[C@H]6OC(C)[C@@H](O)C(O)[C@@H]6O)C5NC(C)=O)C4O)[C@H](O[C@H]4OC(C)[C@@H](O)C(O)[C@@H]4O)C3NC(C)=O)C2O)[C@H](O)C1O)NC(=O)CCCCCCCCCCCCCCCCCCC. The van der Waals surface area contributed by atoms with Gasteiger partial charge in [0.25, 0.3) is 0 Å². The highest BCUT2D eigenvalue weighted by atomic mass is 16.8. The molecular weight excluding hydrogens is 1780 g/mol. The highest BCUT2D eigenvalue weighted by Crippen LogP contribution is 2.41. The van der Waals surface area contributed by atoms with Gasteiger partial charge in [0.1, 0.15) is 183 Å². The number of hydrogen-bond donors (Lipinski definition) is 25. The Morgan fingerprint density at radius 1 is 0.306 bits per heavy atom. The molecular formula is C90H161N3O41. The van der Waals surface area contributed by atoms with Gasteiger partial charge in [0.2, 0.25) is 17.7 Å². The van der Waals surface area contributed by atoms with Crippen LogP contribution in [0.1, 0.15) is 234 Å². The van der Waals surface area contributed by atoms with Gasteiger partial charge in [-0.2, -0.15) is 0 Å². The number of ether oxygens (including phenoxy) is 16. The number of unbranched alkanes of at least 4 members (excludes halogenated alkanes) is 27. The number of hydrogen-bond acceptors (Lipinski definition) is 41. The van der Waals surface area contributed by atoms with Crippen molar-refractivity contribution in [2.24, 2.45) is 0 Å². The summed E-state index contributed by atoms with van der Waals surface area (Å²) in [7, 11) is 0. The number of carbonyl (C=O) groups excluding carboxylic acids is 3. The van der Waals surface area contributed by atoms with Gasteiger partial charge in [-0.05, 0) is 33.1 Å². The molecule has 44 nitrogen and oxygen atoms in total. The molecule has 16 unspecified atom stereocenters. The molecule has 0 aromatic rings. The monoisotopic (exact) mass is 1940 g/mol. The molecule has 8 saturated heterocycles. The molecule has 8 rings (SSSR count). The molecule has 134 heavy (non-hydrogen) atoms. The third kappa shape index (κ3) is 33.1. The van der Waals surface area contributed by atoms with Gasteiger partial charge >= 0.3 is 0 Å². The summed E-state index contributed by atoms with van der Waals surface area (Å²) in [6.45, 7) is 1.80. The molecule has 0 aliphatic carbocycles. The molecule has 0 aromatic carbocycles. The second-order valence-corrected chi connectivity index (χ2v) is 36.9. The Morgan fingerprint density at radius 3 is 0.970 bits per heavy atom. The lowest BCUT2D eigenvalue weighted by Crippen LogP contribution is -2.72. The van der Waals surface area contributed by atoms with Crippen molar-refractivity contribution in [3.8, 4) is 0 Å². The first-order chi connectivity index (χ1) is 64.2. The molecule has 3 amide bonds. The first kappa shape index (κ1) is 116. The van der Waals surface area contributed by atoms with Crippen molar-refractivity contribution in [1.29, 1.82) is 0 Å². The lowest BCUT2D eigenvalue weighted by atomic mass is 9.93. The number of carbonyl (C=O) groups is 3. The van der Waals surface area contributed by atoms with Crippen LogP contribution in [0.4, 0.5) is 0 Å². The zero-order valence-corrected chi connectivity index (χ0v) is 78.2. The largest absolute Gasteiger partial charge is 0.394 e. The lowest BCUT2D eigenvalue weighted by Gasteiger charge is -2.52. The predicted octanol–water partition coefficient (Wildman–Crippen LogP) is -3.94. The van der Waals surface area contributed by atoms with Gasteiger partial charge in [0.05, 0.1) is 70.6 Å². The summed E-state index contributed by atoms with van der Waals surface area (Å²) in [6.07, 6.45) is -41.0. The summed E-state index contributed by atoms with van der Waals surface area (Å²) < 4.78 is 97.7. The predicted molar refractivity (Wildman–Crippen MR) is 465 cm³/mol. The fourth-order valence-corrected chi connectivity index (χ4v) is 18.3. The highest BCUT2D eigenvalue weighted by Gasteiger charge is 2.61. The molecule has 8 aliphatic heterocycles. The first-order valence-corrected chi connectivity index (χ1v) is 48.7. The Balaban J connectivity index is 0.993. The van der Waals surface area contributed by atoms with Crippen LogP contribution in [0.5, 0.6) is 0 Å². The standard InChI is InChI=1S/C90H161N3O41/c1-7-9-11-13-15-17-19-21-22-23-24-26-28-30-32-34-36-38-58(103)93-50(51(102)37-35-33-31-29-27-25-20-18-16-14-12-10-8-2)45-119-85-73(116)69(112)76(55(42-97)127-85)128-89-74(117)81(64(107)53(40-95)123-89)133-84-60(92-49(6)101)80(132-87-71(114)67(110)62(105)47(4)121-87)78(57(44-99)126-84)130-90-75(118)82(65(108)54(41-96)124-90)134-83-59(91-48(5)100)79(131-86-70(113)66(109)61(104)46(3)120-86)77(56(43-98)125-83)129-88-72(115)68(111)63(106)52(39-94)122-88/h35,37,46-47,50-57,59-90,94-99,102,104-118H,7-34,36,38-45H2,1-6H3,(H,91,100)(H,92,101)(H,93,103)/b37-35+/t46?,47?,50-,51+,52?,53?,54?,55?,56?,57?,59?,60?,61+,62+,63-,64-,65-,66?,67?,68-,69+,70-,71-,72?,73?,74?,75?,76+,77+,78+,79+,80+,81-,82-,83-,84-,85+,86+,87+,88-,89-,90-/m0/s1. The zero-order valence-electron chi connectivity index (χ0n) is 78.2. The highest BCUT2D eigenvalue weighted by molar-refractivity contribution is 5.76. The van der Waals surface area contributed by atoms with Crippen molar-refractivity contribution in [3.05, 3.63) is 12.2 Å². The van der Waals surface area contributed by atoms with Gasteiger partial charge in [-0.1, -0.05) is 193 Å². The molecule has 25 N–H and O–H groups in total. The third-order valence-electron chi connectivity index (χ3n) is 26.4. The van der Waals surface area contributed by atoms with E-state index in [1.54, 1.807) is 6.08 Å². The minimum absolute atomic E-state index is 0.142. The van der Waals surface area contributed by atoms with Crippen molar-refractivity contribution in [1.82, 2.24) is 16.0 Å². The number of allylic oxidation sites excluding steroid dienone is 1. The van der Waals surface area contributed by atoms with Gasteiger partial charge in [-0.25, -0.2) is 0 Å². The summed E-state index contributed by atoms with van der Waals surface area (Å²) in [5.74, 6) is -2.29. The van der Waals surface area contributed by atoms with Crippen LogP contribution in [-0.4, -0.2) is 434 Å². The Labute approximate surface area is 783 Å². The van der Waals surface area contributed by atoms with Gasteiger partial charge in [0.15, 0.2) is 50.3 Å². The molecule has 0 aromatic heterocycles. The Bertz CT molecular complexity index is 3270. The van der Waals surface area contributed by atoms with Crippen LogP contribution in [0.15, 0.2) is 12.2 Å². The fraction of sp³-hybridized carbons (Fsp3) is 0.944. The summed E-state index contributed by atoms with van der Waals surface area (Å²) in [4.78, 5) is 40.8. The number of aliphatic hydroxyl groups excluding tert-OH is 22. The van der Waals surface area contributed by atoms with Crippen molar-refractivity contribution in [2.75, 3.05) is 46.2 Å². The van der Waals surface area contributed by atoms with Crippen molar-refractivity contribution < 1.29 is 203 Å². The Kier molecular flexibility index (Phi) is 51.6. The summed E-state index contributed by atoms with van der Waals surface area (Å²) in [5.41, 5.74) is 0. The van der Waals surface area contributed by atoms with Crippen LogP contribution in [-0.2, 0) is 90.2 Å². The van der Waals surface area contributed by atoms with E-state index >= 15 is 0 Å². The van der Waals surface area contributed by atoms with E-state index in [1.165, 1.54) is 129 Å². The van der Waals surface area contributed by atoms with E-state index in [0.717, 1.165) is 71.6 Å². The van der Waals surface area contributed by atoms with Crippen LogP contribution in [0, 0.1) is 0 Å². The van der Waals surface area contributed by atoms with Crippen LogP contribution < -0.4 is 16.0 Å². The quantitative estimate of drug-likeness (QED) is 0.0204. The van der Waals surface area contributed by atoms with Gasteiger partial charge in [-0.15, -0.1) is 0 Å². The van der Waals surface area contributed by atoms with Crippen LogP contribution in [0.25, 0.3) is 0 Å². The van der Waals surface area contributed by atoms with Crippen molar-refractivity contribution in [3.63, 3.8) is 0 Å². The molecule has 0 bridgehead atoms. The van der Waals surface area contributed by atoms with E-state index in [0.29, 0.717) is 12.8 Å². The molecule has 44 heteroatoms. The smallest absolute Gasteiger partial charge is 0.220 e. The average Bonchev–Trinajstić information content (AvgIpc) is 0.757. The van der Waals surface area contributed by atoms with Gasteiger partial charge in [0, 0.05) is 20.3 Å². The molecule has 0 radical (unpaired) electrons. The minimum atomic E-state index is -2.45. The van der Waals surface area contributed by atoms with Crippen molar-refractivity contribution >= 4 is 17.7 Å². The second kappa shape index (κ2) is 59.6. The number of nitrogens with one attached hydrogen (secondary N) is 3. The molecule has 0 spiro atoms. The maximum atomic E-state index is 13.7. The minimum Gasteiger partial charge on any atom is -0.394 e. The van der Waals surface area contributed by atoms with E-state index < -0.39 is 316 Å². The van der Waals surface area contributed by atoms with Gasteiger partial charge in [-0.3, -0.25) is 14.4 Å². The normalized spacial score (nSPS) is 40.0. The Morgan fingerprint density at radius 2 is 0.597 bits per heavy atom. The average molecular weight is 1940 g/mol. The van der Waals surface area contributed by atoms with E-state index in [2.05, 4.69) is 29.8 Å². The maximum absolute atomic E-state index is 13.7. The molecule has 42 atom stereocenters. The lowest BCUT2D eigenvalue weighted by molar-refractivity contribution is -0.400. The molecule has 8 fully saturated rings. The number of aliphatic hydroxyl groups is 22. The van der Waals surface area contributed by atoms with Crippen molar-refractivity contribution in [2.45, 2.75) is 492 Å². The number of amides is 3. The van der Waals surface area contributed by atoms with E-state index in [-0.39, 0.29) is 12.3 Å². The third-order valence-corrected chi connectivity index (χ3v) is 26.4. The fourth-order valence-electron chi connectivity index (χ4n) is 18.3. The van der Waals surface area contributed by atoms with Crippen LogP contribution in [0.2, 0.25) is 0 Å². The summed E-state index contributed by atoms with van der Waals surface area (Å²) in [6, 6.07) is -5.07. The Hall–Kier alpha value is -3.37. The molecule has 8 heterocycles. The maximum Gasteiger partial charge on any atom is 0.220 e. The molecule has 782 valence electrons. The molecule has 8 aliphatic rings. The van der Waals surface area contributed by atoms with E-state index in [4.69, 9.17) is 75.8 Å². The van der Waals surface area contributed by atoms with Crippen LogP contribution >= 0.6 is 0 Å². The van der Waals surface area contributed by atoms with Gasteiger partial charge < -0.3 is 204 Å². The zero-order chi connectivity index (χ0) is 98.0. The second-order valence-electron chi connectivity index (χ2n) is 36.9. The summed E-state index contributed by atoms with van der Waals surface area (Å²) in [5, 5.41) is 257. The number of rotatable bonds is 58. The topological polar surface area (TPSA) is 680 Å². The van der Waals surface area contributed by atoms with E-state index in [9.17, 15) is 127 Å². The molecule has 0 saturated carbocycles. The van der Waals surface area contributed by atoms with E-state index in [1.807, 2.05) is 6.08 Å².